The fourth-order valence-corrected chi connectivity index (χ4v) is 2.82. The fourth-order valence-electron chi connectivity index (χ4n) is 2.82. The van der Waals surface area contributed by atoms with Crippen molar-refractivity contribution in [3.05, 3.63) is 47.7 Å². The number of hydrogen-bond acceptors (Lipinski definition) is 7. The predicted octanol–water partition coefficient (Wildman–Crippen LogP) is 3.56. The Morgan fingerprint density at radius 1 is 0.966 bits per heavy atom. The van der Waals surface area contributed by atoms with Crippen molar-refractivity contribution in [3.63, 3.8) is 0 Å². The van der Waals surface area contributed by atoms with Crippen LogP contribution in [0.3, 0.4) is 0 Å². The number of carbonyl (C=O) groups excluding carboxylic acids is 2. The van der Waals surface area contributed by atoms with Crippen LogP contribution >= 0.6 is 0 Å². The van der Waals surface area contributed by atoms with Crippen molar-refractivity contribution >= 4 is 28.5 Å². The van der Waals surface area contributed by atoms with E-state index in [1.807, 2.05) is 0 Å². The number of methoxy groups -OCH3 is 3. The Labute approximate surface area is 167 Å². The second kappa shape index (κ2) is 8.55. The molecule has 0 spiro atoms. The number of furan rings is 1. The molecule has 8 nitrogen and oxygen atoms in total. The summed E-state index contributed by atoms with van der Waals surface area (Å²) in [6.45, 7) is 1.25. The van der Waals surface area contributed by atoms with Crippen molar-refractivity contribution in [2.75, 3.05) is 33.3 Å². The first-order valence-corrected chi connectivity index (χ1v) is 8.73. The number of anilines is 1. The quantitative estimate of drug-likeness (QED) is 0.607. The molecule has 1 N–H and O–H groups in total. The van der Waals surface area contributed by atoms with Gasteiger partial charge in [-0.1, -0.05) is 0 Å². The molecular formula is C21H21NO7. The third-order valence-electron chi connectivity index (χ3n) is 4.34. The summed E-state index contributed by atoms with van der Waals surface area (Å²) in [4.78, 5) is 24.6. The number of rotatable bonds is 7. The van der Waals surface area contributed by atoms with Crippen LogP contribution in [-0.4, -0.2) is 39.8 Å². The lowest BCUT2D eigenvalue weighted by molar-refractivity contribution is -0.119. The summed E-state index contributed by atoms with van der Waals surface area (Å²) < 4.78 is 26.2. The maximum atomic E-state index is 12.4. The first kappa shape index (κ1) is 20.1. The van der Waals surface area contributed by atoms with Gasteiger partial charge in [0.15, 0.2) is 6.61 Å². The van der Waals surface area contributed by atoms with E-state index in [-0.39, 0.29) is 5.76 Å². The summed E-state index contributed by atoms with van der Waals surface area (Å²) >= 11 is 0. The molecule has 2 aromatic carbocycles. The number of ether oxygens (including phenoxy) is 4. The first-order valence-electron chi connectivity index (χ1n) is 8.73. The van der Waals surface area contributed by atoms with Gasteiger partial charge in [-0.25, -0.2) is 4.79 Å². The van der Waals surface area contributed by atoms with E-state index in [2.05, 4.69) is 5.32 Å². The van der Waals surface area contributed by atoms with Crippen LogP contribution in [-0.2, 0) is 9.53 Å². The zero-order valence-electron chi connectivity index (χ0n) is 16.5. The number of benzene rings is 2. The Kier molecular flexibility index (Phi) is 5.92. The molecule has 3 rings (SSSR count). The van der Waals surface area contributed by atoms with E-state index in [1.165, 1.54) is 14.2 Å². The maximum Gasteiger partial charge on any atom is 0.375 e. The highest BCUT2D eigenvalue weighted by molar-refractivity contribution is 5.99. The SMILES string of the molecule is COc1ccc(OC)c(NC(=O)COC(=O)c2oc3ccc(OC)cc3c2C)c1. The molecule has 1 amide bonds. The highest BCUT2D eigenvalue weighted by atomic mass is 16.5. The van der Waals surface area contributed by atoms with Gasteiger partial charge in [-0.3, -0.25) is 4.79 Å². The highest BCUT2D eigenvalue weighted by Gasteiger charge is 2.21. The van der Waals surface area contributed by atoms with Crippen molar-refractivity contribution in [2.24, 2.45) is 0 Å². The Morgan fingerprint density at radius 3 is 2.34 bits per heavy atom. The zero-order valence-corrected chi connectivity index (χ0v) is 16.5. The van der Waals surface area contributed by atoms with Gasteiger partial charge in [0.1, 0.15) is 22.8 Å². The standard InChI is InChI=1S/C21H21NO7/c1-12-15-9-13(25-2)5-7-17(15)29-20(12)21(24)28-11-19(23)22-16-10-14(26-3)6-8-18(16)27-4/h5-10H,11H2,1-4H3,(H,22,23). The van der Waals surface area contributed by atoms with Gasteiger partial charge in [-0.15, -0.1) is 0 Å². The van der Waals surface area contributed by atoms with Crippen molar-refractivity contribution in [1.82, 2.24) is 0 Å². The molecule has 8 heteroatoms. The Morgan fingerprint density at radius 2 is 1.66 bits per heavy atom. The molecule has 0 bridgehead atoms. The fraction of sp³-hybridized carbons (Fsp3) is 0.238. The molecular weight excluding hydrogens is 378 g/mol. The van der Waals surface area contributed by atoms with Gasteiger partial charge in [0.2, 0.25) is 5.76 Å². The lowest BCUT2D eigenvalue weighted by Gasteiger charge is -2.11. The van der Waals surface area contributed by atoms with Crippen LogP contribution in [0, 0.1) is 6.92 Å². The van der Waals surface area contributed by atoms with Crippen molar-refractivity contribution < 1.29 is 33.0 Å². The van der Waals surface area contributed by atoms with Gasteiger partial charge in [0.25, 0.3) is 5.91 Å². The van der Waals surface area contributed by atoms with E-state index in [4.69, 9.17) is 23.4 Å². The summed E-state index contributed by atoms with van der Waals surface area (Å²) in [7, 11) is 4.55. The molecule has 0 radical (unpaired) electrons. The van der Waals surface area contributed by atoms with Gasteiger partial charge < -0.3 is 28.7 Å². The number of amides is 1. The average molecular weight is 399 g/mol. The lowest BCUT2D eigenvalue weighted by Crippen LogP contribution is -2.21. The molecule has 3 aromatic rings. The number of esters is 1. The number of nitrogens with one attached hydrogen (secondary N) is 1. The van der Waals surface area contributed by atoms with Crippen LogP contribution in [0.2, 0.25) is 0 Å². The van der Waals surface area contributed by atoms with E-state index in [0.29, 0.717) is 34.1 Å². The van der Waals surface area contributed by atoms with Crippen LogP contribution in [0.15, 0.2) is 40.8 Å². The molecule has 0 fully saturated rings. The van der Waals surface area contributed by atoms with E-state index < -0.39 is 18.5 Å². The van der Waals surface area contributed by atoms with Gasteiger partial charge in [0, 0.05) is 17.0 Å². The number of aryl methyl sites for hydroxylation is 1. The molecule has 0 saturated carbocycles. The molecule has 0 aliphatic heterocycles. The first-order chi connectivity index (χ1) is 14.0. The normalized spacial score (nSPS) is 10.5. The van der Waals surface area contributed by atoms with Gasteiger partial charge >= 0.3 is 5.97 Å². The molecule has 152 valence electrons. The summed E-state index contributed by atoms with van der Waals surface area (Å²) in [5.41, 5.74) is 1.54. The average Bonchev–Trinajstić information content (AvgIpc) is 3.07. The molecule has 0 aliphatic carbocycles. The molecule has 29 heavy (non-hydrogen) atoms. The topological polar surface area (TPSA) is 96.2 Å². The van der Waals surface area contributed by atoms with E-state index in [1.54, 1.807) is 50.4 Å². The van der Waals surface area contributed by atoms with Crippen LogP contribution in [0.4, 0.5) is 5.69 Å². The third kappa shape index (κ3) is 4.26. The Bertz CT molecular complexity index is 1050. The summed E-state index contributed by atoms with van der Waals surface area (Å²) in [5, 5.41) is 3.37. The summed E-state index contributed by atoms with van der Waals surface area (Å²) in [6, 6.07) is 10.2. The van der Waals surface area contributed by atoms with Crippen LogP contribution in [0.1, 0.15) is 16.1 Å². The number of fused-ring (bicyclic) bond motifs is 1. The van der Waals surface area contributed by atoms with E-state index in [0.717, 1.165) is 5.39 Å². The van der Waals surface area contributed by atoms with E-state index >= 15 is 0 Å². The third-order valence-corrected chi connectivity index (χ3v) is 4.34. The van der Waals surface area contributed by atoms with Crippen molar-refractivity contribution in [2.45, 2.75) is 6.92 Å². The minimum Gasteiger partial charge on any atom is -0.497 e. The van der Waals surface area contributed by atoms with Gasteiger partial charge in [0.05, 0.1) is 27.0 Å². The monoisotopic (exact) mass is 399 g/mol. The number of hydrogen-bond donors (Lipinski definition) is 1. The largest absolute Gasteiger partial charge is 0.497 e. The van der Waals surface area contributed by atoms with Crippen molar-refractivity contribution in [3.8, 4) is 17.2 Å². The Balaban J connectivity index is 1.69. The van der Waals surface area contributed by atoms with Gasteiger partial charge in [-0.05, 0) is 37.3 Å². The minimum absolute atomic E-state index is 0.0417. The van der Waals surface area contributed by atoms with Crippen LogP contribution in [0.25, 0.3) is 11.0 Å². The number of carbonyl (C=O) groups is 2. The summed E-state index contributed by atoms with van der Waals surface area (Å²) in [5.74, 6) is 0.428. The second-order valence-corrected chi connectivity index (χ2v) is 6.11. The minimum atomic E-state index is -0.731. The van der Waals surface area contributed by atoms with Crippen molar-refractivity contribution in [1.29, 1.82) is 0 Å². The second-order valence-electron chi connectivity index (χ2n) is 6.11. The molecule has 0 aliphatic rings. The molecule has 1 aromatic heterocycles. The summed E-state index contributed by atoms with van der Waals surface area (Å²) in [6.07, 6.45) is 0. The highest BCUT2D eigenvalue weighted by Crippen LogP contribution is 2.30. The Hall–Kier alpha value is -3.68. The molecule has 0 unspecified atom stereocenters. The predicted molar refractivity (Wildman–Crippen MR) is 106 cm³/mol. The zero-order chi connectivity index (χ0) is 21.0. The molecule has 0 atom stereocenters. The van der Waals surface area contributed by atoms with Crippen LogP contribution < -0.4 is 19.5 Å². The van der Waals surface area contributed by atoms with E-state index in [9.17, 15) is 9.59 Å². The smallest absolute Gasteiger partial charge is 0.375 e. The van der Waals surface area contributed by atoms with Gasteiger partial charge in [-0.2, -0.15) is 0 Å². The maximum absolute atomic E-state index is 12.4. The lowest BCUT2D eigenvalue weighted by atomic mass is 10.1. The van der Waals surface area contributed by atoms with Crippen LogP contribution in [0.5, 0.6) is 17.2 Å². The molecule has 0 saturated heterocycles. The molecule has 1 heterocycles.